The number of aromatic nitrogens is 1. The number of rotatable bonds is 4. The van der Waals surface area contributed by atoms with Crippen molar-refractivity contribution in [2.24, 2.45) is 0 Å². The second-order valence-electron chi connectivity index (χ2n) is 7.62. The van der Waals surface area contributed by atoms with Crippen molar-refractivity contribution in [3.63, 3.8) is 0 Å². The second kappa shape index (κ2) is 8.13. The fraction of sp³-hybridized carbons (Fsp3) is 0.160. The van der Waals surface area contributed by atoms with Crippen LogP contribution in [0.25, 0.3) is 22.0 Å². The SMILES string of the molecule is O=S(=O)(c1ccccc1)N1CCN(c2cc(-c3ccccc3)c3ccccc3n2)CC1. The molecular formula is C25H23N3O2S. The van der Waals surface area contributed by atoms with Crippen molar-refractivity contribution in [2.45, 2.75) is 4.90 Å². The summed E-state index contributed by atoms with van der Waals surface area (Å²) in [6, 6.07) is 29.2. The number of hydrogen-bond donors (Lipinski definition) is 0. The number of piperazine rings is 1. The third-order valence-corrected chi connectivity index (χ3v) is 7.64. The van der Waals surface area contributed by atoms with Crippen LogP contribution in [0.1, 0.15) is 0 Å². The number of sulfonamides is 1. The summed E-state index contributed by atoms with van der Waals surface area (Å²) in [4.78, 5) is 7.41. The van der Waals surface area contributed by atoms with E-state index in [1.807, 2.05) is 42.5 Å². The molecular weight excluding hydrogens is 406 g/mol. The van der Waals surface area contributed by atoms with E-state index in [0.29, 0.717) is 31.1 Å². The van der Waals surface area contributed by atoms with E-state index in [4.69, 9.17) is 4.98 Å². The molecule has 0 amide bonds. The average molecular weight is 430 g/mol. The summed E-state index contributed by atoms with van der Waals surface area (Å²) in [6.45, 7) is 2.08. The van der Waals surface area contributed by atoms with Gasteiger partial charge in [0.2, 0.25) is 10.0 Å². The molecule has 1 fully saturated rings. The number of para-hydroxylation sites is 1. The Bertz CT molecular complexity index is 1300. The molecule has 1 saturated heterocycles. The number of nitrogens with zero attached hydrogens (tertiary/aromatic N) is 3. The standard InChI is InChI=1S/C25H23N3O2S/c29-31(30,21-11-5-2-6-12-21)28-17-15-27(16-18-28)25-19-23(20-9-3-1-4-10-20)22-13-7-8-14-24(22)26-25/h1-14,19H,15-18H2. The van der Waals surface area contributed by atoms with E-state index in [9.17, 15) is 8.42 Å². The molecule has 1 aromatic heterocycles. The Morgan fingerprint density at radius 1 is 0.710 bits per heavy atom. The van der Waals surface area contributed by atoms with Crippen LogP contribution in [0.4, 0.5) is 5.82 Å². The van der Waals surface area contributed by atoms with Crippen LogP contribution in [0.15, 0.2) is 95.9 Å². The summed E-state index contributed by atoms with van der Waals surface area (Å²) in [7, 11) is -3.47. The third kappa shape index (κ3) is 3.80. The van der Waals surface area contributed by atoms with E-state index >= 15 is 0 Å². The summed E-state index contributed by atoms with van der Waals surface area (Å²) in [5.74, 6) is 0.884. The minimum Gasteiger partial charge on any atom is -0.354 e. The predicted octanol–water partition coefficient (Wildman–Crippen LogP) is 4.41. The molecule has 3 aromatic carbocycles. The van der Waals surface area contributed by atoms with Gasteiger partial charge in [-0.25, -0.2) is 13.4 Å². The van der Waals surface area contributed by atoms with Crippen molar-refractivity contribution in [1.29, 1.82) is 0 Å². The zero-order valence-electron chi connectivity index (χ0n) is 17.1. The Labute approximate surface area is 182 Å². The summed E-state index contributed by atoms with van der Waals surface area (Å²) >= 11 is 0. The highest BCUT2D eigenvalue weighted by Crippen LogP contribution is 2.32. The lowest BCUT2D eigenvalue weighted by atomic mass is 10.0. The quantitative estimate of drug-likeness (QED) is 0.482. The van der Waals surface area contributed by atoms with Crippen LogP contribution in [0.2, 0.25) is 0 Å². The lowest BCUT2D eigenvalue weighted by molar-refractivity contribution is 0.384. The lowest BCUT2D eigenvalue weighted by Crippen LogP contribution is -2.48. The molecule has 5 nitrogen and oxygen atoms in total. The molecule has 0 N–H and O–H groups in total. The normalized spacial score (nSPS) is 15.3. The van der Waals surface area contributed by atoms with E-state index in [1.165, 1.54) is 0 Å². The van der Waals surface area contributed by atoms with Gasteiger partial charge >= 0.3 is 0 Å². The fourth-order valence-corrected chi connectivity index (χ4v) is 5.52. The zero-order chi connectivity index (χ0) is 21.3. The van der Waals surface area contributed by atoms with Gasteiger partial charge in [0.05, 0.1) is 10.4 Å². The summed E-state index contributed by atoms with van der Waals surface area (Å²) in [6.07, 6.45) is 0. The molecule has 6 heteroatoms. The van der Waals surface area contributed by atoms with E-state index in [-0.39, 0.29) is 0 Å². The molecule has 0 atom stereocenters. The van der Waals surface area contributed by atoms with Gasteiger partial charge in [0.1, 0.15) is 5.82 Å². The summed E-state index contributed by atoms with van der Waals surface area (Å²) in [5.41, 5.74) is 3.23. The molecule has 31 heavy (non-hydrogen) atoms. The van der Waals surface area contributed by atoms with E-state index in [1.54, 1.807) is 28.6 Å². The van der Waals surface area contributed by atoms with Crippen LogP contribution in [-0.2, 0) is 10.0 Å². The number of pyridine rings is 1. The maximum absolute atomic E-state index is 12.9. The second-order valence-corrected chi connectivity index (χ2v) is 9.55. The molecule has 1 aliphatic rings. The van der Waals surface area contributed by atoms with Crippen LogP contribution in [0.5, 0.6) is 0 Å². The topological polar surface area (TPSA) is 53.5 Å². The predicted molar refractivity (Wildman–Crippen MR) is 125 cm³/mol. The first-order valence-corrected chi connectivity index (χ1v) is 11.8. The maximum atomic E-state index is 12.9. The van der Waals surface area contributed by atoms with Crippen LogP contribution < -0.4 is 4.90 Å². The zero-order valence-corrected chi connectivity index (χ0v) is 17.9. The van der Waals surface area contributed by atoms with Gasteiger partial charge in [-0.3, -0.25) is 0 Å². The number of hydrogen-bond acceptors (Lipinski definition) is 4. The van der Waals surface area contributed by atoms with Crippen molar-refractivity contribution in [2.75, 3.05) is 31.1 Å². The molecule has 1 aliphatic heterocycles. The Balaban J connectivity index is 1.44. The Morgan fingerprint density at radius 3 is 2.03 bits per heavy atom. The van der Waals surface area contributed by atoms with Gasteiger partial charge in [0.15, 0.2) is 0 Å². The lowest BCUT2D eigenvalue weighted by Gasteiger charge is -2.35. The molecule has 0 spiro atoms. The highest BCUT2D eigenvalue weighted by Gasteiger charge is 2.29. The molecule has 0 aliphatic carbocycles. The first-order valence-electron chi connectivity index (χ1n) is 10.4. The van der Waals surface area contributed by atoms with Crippen LogP contribution in [0.3, 0.4) is 0 Å². The van der Waals surface area contributed by atoms with Crippen molar-refractivity contribution in [3.8, 4) is 11.1 Å². The third-order valence-electron chi connectivity index (χ3n) is 5.73. The van der Waals surface area contributed by atoms with Crippen molar-refractivity contribution in [3.05, 3.63) is 91.0 Å². The first-order chi connectivity index (χ1) is 15.1. The van der Waals surface area contributed by atoms with Crippen molar-refractivity contribution in [1.82, 2.24) is 9.29 Å². The van der Waals surface area contributed by atoms with Gasteiger partial charge in [0.25, 0.3) is 0 Å². The summed E-state index contributed by atoms with van der Waals surface area (Å²) in [5, 5.41) is 1.11. The summed E-state index contributed by atoms with van der Waals surface area (Å²) < 4.78 is 27.4. The van der Waals surface area contributed by atoms with Gasteiger partial charge in [-0.05, 0) is 35.4 Å². The molecule has 4 aromatic rings. The number of benzene rings is 3. The van der Waals surface area contributed by atoms with Crippen LogP contribution in [-0.4, -0.2) is 43.9 Å². The number of fused-ring (bicyclic) bond motifs is 1. The highest BCUT2D eigenvalue weighted by atomic mass is 32.2. The highest BCUT2D eigenvalue weighted by molar-refractivity contribution is 7.89. The molecule has 0 radical (unpaired) electrons. The van der Waals surface area contributed by atoms with Crippen LogP contribution >= 0.6 is 0 Å². The maximum Gasteiger partial charge on any atom is 0.243 e. The van der Waals surface area contributed by atoms with Gasteiger partial charge in [-0.1, -0.05) is 66.7 Å². The first kappa shape index (κ1) is 19.7. The largest absolute Gasteiger partial charge is 0.354 e. The fourth-order valence-electron chi connectivity index (χ4n) is 4.08. The monoisotopic (exact) mass is 429 g/mol. The van der Waals surface area contributed by atoms with Crippen molar-refractivity contribution >= 4 is 26.7 Å². The minimum atomic E-state index is -3.47. The Morgan fingerprint density at radius 2 is 1.32 bits per heavy atom. The van der Waals surface area contributed by atoms with Gasteiger partial charge in [0, 0.05) is 31.6 Å². The molecule has 0 unspecified atom stereocenters. The number of anilines is 1. The average Bonchev–Trinajstić information content (AvgIpc) is 2.84. The van der Waals surface area contributed by atoms with Crippen molar-refractivity contribution < 1.29 is 8.42 Å². The van der Waals surface area contributed by atoms with E-state index in [2.05, 4.69) is 29.2 Å². The van der Waals surface area contributed by atoms with Gasteiger partial charge in [-0.2, -0.15) is 4.31 Å². The minimum absolute atomic E-state index is 0.346. The Hall–Kier alpha value is -3.22. The smallest absolute Gasteiger partial charge is 0.243 e. The molecule has 5 rings (SSSR count). The van der Waals surface area contributed by atoms with E-state index in [0.717, 1.165) is 27.8 Å². The molecule has 0 saturated carbocycles. The molecule has 156 valence electrons. The molecule has 2 heterocycles. The Kier molecular flexibility index (Phi) is 5.18. The van der Waals surface area contributed by atoms with E-state index < -0.39 is 10.0 Å². The van der Waals surface area contributed by atoms with Crippen LogP contribution in [0, 0.1) is 0 Å². The van der Waals surface area contributed by atoms with Gasteiger partial charge in [-0.15, -0.1) is 0 Å². The van der Waals surface area contributed by atoms with Gasteiger partial charge < -0.3 is 4.90 Å². The molecule has 0 bridgehead atoms.